The first-order valence-electron chi connectivity index (χ1n) is 10.9. The number of aryl methyl sites for hydroxylation is 1. The molecule has 5 aromatic rings. The molecule has 34 heavy (non-hydrogen) atoms. The first kappa shape index (κ1) is 21.4. The molecular weight excluding hydrogens is 432 g/mol. The van der Waals surface area contributed by atoms with Crippen LogP contribution in [-0.4, -0.2) is 45.5 Å². The van der Waals surface area contributed by atoms with Crippen LogP contribution in [0.1, 0.15) is 6.42 Å². The molecule has 9 heteroatoms. The van der Waals surface area contributed by atoms with E-state index < -0.39 is 0 Å². The normalized spacial score (nSPS) is 11.0. The maximum atomic E-state index is 5.63. The average Bonchev–Trinajstić information content (AvgIpc) is 3.60. The molecule has 0 amide bonds. The summed E-state index contributed by atoms with van der Waals surface area (Å²) in [6, 6.07) is 11.9. The quantitative estimate of drug-likeness (QED) is 0.320. The van der Waals surface area contributed by atoms with Crippen molar-refractivity contribution in [2.45, 2.75) is 13.0 Å². The van der Waals surface area contributed by atoms with Crippen molar-refractivity contribution in [3.8, 4) is 34.1 Å². The zero-order chi connectivity index (χ0) is 23.3. The standard InChI is InChI=1S/C25H24N6O3/c1-32-18-5-6-19(23(13-18)33-2)17-4-7-22-20(12-17)24(21(14-28-22)25-30-29-16-34-25)27-8-3-10-31-11-9-26-15-31/h4-7,9,11-16H,3,8,10H2,1-2H3,(H,27,28). The molecule has 0 saturated carbocycles. The van der Waals surface area contributed by atoms with Crippen molar-refractivity contribution in [1.29, 1.82) is 0 Å². The molecule has 0 aliphatic carbocycles. The summed E-state index contributed by atoms with van der Waals surface area (Å²) in [4.78, 5) is 8.74. The van der Waals surface area contributed by atoms with Crippen molar-refractivity contribution in [3.63, 3.8) is 0 Å². The molecule has 0 unspecified atom stereocenters. The maximum absolute atomic E-state index is 5.63. The molecule has 3 aromatic heterocycles. The van der Waals surface area contributed by atoms with Crippen LogP contribution in [0.2, 0.25) is 0 Å². The first-order valence-corrected chi connectivity index (χ1v) is 10.9. The highest BCUT2D eigenvalue weighted by molar-refractivity contribution is 6.00. The number of hydrogen-bond donors (Lipinski definition) is 1. The summed E-state index contributed by atoms with van der Waals surface area (Å²) in [5.74, 6) is 1.88. The van der Waals surface area contributed by atoms with Gasteiger partial charge in [-0.3, -0.25) is 4.98 Å². The molecular formula is C25H24N6O3. The summed E-state index contributed by atoms with van der Waals surface area (Å²) in [5, 5.41) is 12.5. The average molecular weight is 457 g/mol. The van der Waals surface area contributed by atoms with Crippen molar-refractivity contribution in [2.75, 3.05) is 26.1 Å². The Labute approximate surface area is 196 Å². The summed E-state index contributed by atoms with van der Waals surface area (Å²) >= 11 is 0. The van der Waals surface area contributed by atoms with Crippen LogP contribution in [0.3, 0.4) is 0 Å². The lowest BCUT2D eigenvalue weighted by atomic mass is 10.00. The Morgan fingerprint density at radius 2 is 2.00 bits per heavy atom. The van der Waals surface area contributed by atoms with E-state index in [1.165, 1.54) is 6.39 Å². The number of anilines is 1. The number of pyridine rings is 1. The van der Waals surface area contributed by atoms with Crippen molar-refractivity contribution in [3.05, 3.63) is 67.7 Å². The Kier molecular flexibility index (Phi) is 6.07. The van der Waals surface area contributed by atoms with E-state index in [0.29, 0.717) is 5.89 Å². The minimum Gasteiger partial charge on any atom is -0.497 e. The minimum atomic E-state index is 0.416. The summed E-state index contributed by atoms with van der Waals surface area (Å²) < 4.78 is 18.5. The lowest BCUT2D eigenvalue weighted by molar-refractivity contribution is 0.395. The van der Waals surface area contributed by atoms with Gasteiger partial charge in [0.15, 0.2) is 0 Å². The molecule has 0 radical (unpaired) electrons. The molecule has 2 aromatic carbocycles. The van der Waals surface area contributed by atoms with Gasteiger partial charge in [0, 0.05) is 48.7 Å². The van der Waals surface area contributed by atoms with Gasteiger partial charge in [0.2, 0.25) is 6.39 Å². The van der Waals surface area contributed by atoms with E-state index in [1.807, 2.05) is 42.9 Å². The number of fused-ring (bicyclic) bond motifs is 1. The number of aromatic nitrogens is 5. The highest BCUT2D eigenvalue weighted by atomic mass is 16.5. The second kappa shape index (κ2) is 9.62. The third-order valence-electron chi connectivity index (χ3n) is 5.63. The second-order valence-electron chi connectivity index (χ2n) is 7.67. The molecule has 0 saturated heterocycles. The number of benzene rings is 2. The number of ether oxygens (including phenoxy) is 2. The van der Waals surface area contributed by atoms with Crippen LogP contribution >= 0.6 is 0 Å². The van der Waals surface area contributed by atoms with Crippen molar-refractivity contribution in [2.24, 2.45) is 0 Å². The number of methoxy groups -OCH3 is 2. The van der Waals surface area contributed by atoms with E-state index in [-0.39, 0.29) is 0 Å². The summed E-state index contributed by atoms with van der Waals surface area (Å²) in [6.07, 6.45) is 9.56. The van der Waals surface area contributed by atoms with Gasteiger partial charge < -0.3 is 23.8 Å². The fourth-order valence-corrected chi connectivity index (χ4v) is 3.93. The number of nitrogens with zero attached hydrogens (tertiary/aromatic N) is 5. The van der Waals surface area contributed by atoms with E-state index in [0.717, 1.165) is 64.3 Å². The fraction of sp³-hybridized carbons (Fsp3) is 0.200. The van der Waals surface area contributed by atoms with Gasteiger partial charge in [0.25, 0.3) is 5.89 Å². The van der Waals surface area contributed by atoms with Gasteiger partial charge in [-0.15, -0.1) is 10.2 Å². The molecule has 172 valence electrons. The molecule has 0 bridgehead atoms. The Morgan fingerprint density at radius 1 is 1.06 bits per heavy atom. The third-order valence-corrected chi connectivity index (χ3v) is 5.63. The van der Waals surface area contributed by atoms with Crippen LogP contribution in [0.5, 0.6) is 11.5 Å². The van der Waals surface area contributed by atoms with Crippen molar-refractivity contribution < 1.29 is 13.9 Å². The summed E-state index contributed by atoms with van der Waals surface area (Å²) in [6.45, 7) is 1.61. The van der Waals surface area contributed by atoms with Gasteiger partial charge in [0.05, 0.1) is 37.3 Å². The first-order chi connectivity index (χ1) is 16.8. The molecule has 3 heterocycles. The smallest absolute Gasteiger partial charge is 0.251 e. The van der Waals surface area contributed by atoms with Crippen LogP contribution in [-0.2, 0) is 6.54 Å². The van der Waals surface area contributed by atoms with Gasteiger partial charge in [0.1, 0.15) is 11.5 Å². The van der Waals surface area contributed by atoms with Crippen molar-refractivity contribution >= 4 is 16.6 Å². The van der Waals surface area contributed by atoms with Gasteiger partial charge in [-0.25, -0.2) is 4.98 Å². The Hall–Kier alpha value is -4.40. The molecule has 0 aliphatic rings. The maximum Gasteiger partial charge on any atom is 0.251 e. The number of rotatable bonds is 9. The third kappa shape index (κ3) is 4.27. The van der Waals surface area contributed by atoms with Crippen LogP contribution in [0.15, 0.2) is 72.1 Å². The van der Waals surface area contributed by atoms with E-state index in [1.54, 1.807) is 26.6 Å². The number of nitrogens with one attached hydrogen (secondary N) is 1. The highest BCUT2D eigenvalue weighted by Gasteiger charge is 2.16. The zero-order valence-electron chi connectivity index (χ0n) is 18.9. The molecule has 0 spiro atoms. The predicted octanol–water partition coefficient (Wildman–Crippen LogP) is 4.67. The van der Waals surface area contributed by atoms with Crippen LogP contribution in [0.25, 0.3) is 33.5 Å². The molecule has 0 fully saturated rings. The van der Waals surface area contributed by atoms with Crippen LogP contribution in [0.4, 0.5) is 5.69 Å². The predicted molar refractivity (Wildman–Crippen MR) is 129 cm³/mol. The highest BCUT2D eigenvalue weighted by Crippen LogP contribution is 2.38. The molecule has 0 aliphatic heterocycles. The van der Waals surface area contributed by atoms with E-state index >= 15 is 0 Å². The van der Waals surface area contributed by atoms with Crippen LogP contribution < -0.4 is 14.8 Å². The summed E-state index contributed by atoms with van der Waals surface area (Å²) in [7, 11) is 3.29. The molecule has 5 rings (SSSR count). The van der Waals surface area contributed by atoms with Gasteiger partial charge in [-0.2, -0.15) is 0 Å². The fourth-order valence-electron chi connectivity index (χ4n) is 3.93. The van der Waals surface area contributed by atoms with Gasteiger partial charge >= 0.3 is 0 Å². The van der Waals surface area contributed by atoms with E-state index in [9.17, 15) is 0 Å². The summed E-state index contributed by atoms with van der Waals surface area (Å²) in [5.41, 5.74) is 4.47. The minimum absolute atomic E-state index is 0.416. The monoisotopic (exact) mass is 456 g/mol. The molecule has 0 atom stereocenters. The van der Waals surface area contributed by atoms with Gasteiger partial charge in [-0.1, -0.05) is 6.07 Å². The van der Waals surface area contributed by atoms with E-state index in [4.69, 9.17) is 13.9 Å². The lowest BCUT2D eigenvalue weighted by Crippen LogP contribution is -2.07. The lowest BCUT2D eigenvalue weighted by Gasteiger charge is -2.15. The number of imidazole rings is 1. The second-order valence-corrected chi connectivity index (χ2v) is 7.67. The SMILES string of the molecule is COc1ccc(-c2ccc3ncc(-c4nnco4)c(NCCCn4ccnc4)c3c2)c(OC)c1. The topological polar surface area (TPSA) is 100 Å². The van der Waals surface area contributed by atoms with Crippen LogP contribution in [0, 0.1) is 0 Å². The number of hydrogen-bond acceptors (Lipinski definition) is 8. The van der Waals surface area contributed by atoms with Crippen molar-refractivity contribution in [1.82, 2.24) is 24.7 Å². The zero-order valence-corrected chi connectivity index (χ0v) is 18.9. The van der Waals surface area contributed by atoms with E-state index in [2.05, 4.69) is 36.1 Å². The Balaban J connectivity index is 1.54. The largest absolute Gasteiger partial charge is 0.497 e. The molecule has 1 N–H and O–H groups in total. The Bertz CT molecular complexity index is 1380. The Morgan fingerprint density at radius 3 is 2.76 bits per heavy atom. The van der Waals surface area contributed by atoms with Gasteiger partial charge in [-0.05, 0) is 36.2 Å². The molecule has 9 nitrogen and oxygen atoms in total.